The van der Waals surface area contributed by atoms with Gasteiger partial charge in [0.05, 0.1) is 25.6 Å². The van der Waals surface area contributed by atoms with Crippen LogP contribution >= 0.6 is 0 Å². The zero-order chi connectivity index (χ0) is 13.4. The van der Waals surface area contributed by atoms with Crippen LogP contribution in [0.4, 0.5) is 5.69 Å². The Morgan fingerprint density at radius 3 is 2.95 bits per heavy atom. The summed E-state index contributed by atoms with van der Waals surface area (Å²) in [5.41, 5.74) is 1.84. The summed E-state index contributed by atoms with van der Waals surface area (Å²) in [6.07, 6.45) is 1.81. The van der Waals surface area contributed by atoms with Crippen molar-refractivity contribution in [1.82, 2.24) is 10.2 Å². The number of hydrogen-bond donors (Lipinski definition) is 1. The summed E-state index contributed by atoms with van der Waals surface area (Å²) in [4.78, 5) is 29.0. The smallest absolute Gasteiger partial charge is 0.249 e. The fourth-order valence-electron chi connectivity index (χ4n) is 2.30. The minimum absolute atomic E-state index is 0.191. The minimum atomic E-state index is -0.452. The number of carbonyl (C=O) groups is 2. The minimum Gasteiger partial charge on any atom is -0.497 e. The first-order valence-corrected chi connectivity index (χ1v) is 5.98. The zero-order valence-corrected chi connectivity index (χ0v) is 10.4. The average molecular weight is 259 g/mol. The molecule has 3 rings (SSSR count). The third-order valence-electron chi connectivity index (χ3n) is 3.33. The number of hydrogen-bond acceptors (Lipinski definition) is 5. The van der Waals surface area contributed by atoms with Gasteiger partial charge in [-0.2, -0.15) is 0 Å². The van der Waals surface area contributed by atoms with E-state index < -0.39 is 6.04 Å². The number of fused-ring (bicyclic) bond motifs is 1. The number of ether oxygens (including phenoxy) is 1. The van der Waals surface area contributed by atoms with Crippen LogP contribution in [0.2, 0.25) is 0 Å². The molecule has 2 heterocycles. The second kappa shape index (κ2) is 4.38. The molecule has 1 N–H and O–H groups in total. The highest BCUT2D eigenvalue weighted by molar-refractivity contribution is 6.06. The Balaban J connectivity index is 1.84. The van der Waals surface area contributed by atoms with Crippen LogP contribution < -0.4 is 10.1 Å². The van der Waals surface area contributed by atoms with Crippen LogP contribution in [0.25, 0.3) is 0 Å². The molecule has 1 atom stereocenters. The lowest BCUT2D eigenvalue weighted by Gasteiger charge is -2.27. The van der Waals surface area contributed by atoms with Crippen molar-refractivity contribution in [2.24, 2.45) is 4.99 Å². The predicted molar refractivity (Wildman–Crippen MR) is 68.2 cm³/mol. The van der Waals surface area contributed by atoms with E-state index in [-0.39, 0.29) is 18.2 Å². The molecule has 2 aliphatic rings. The first-order chi connectivity index (χ1) is 9.17. The third kappa shape index (κ3) is 2.05. The van der Waals surface area contributed by atoms with Gasteiger partial charge in [-0.15, -0.1) is 0 Å². The first-order valence-electron chi connectivity index (χ1n) is 5.98. The van der Waals surface area contributed by atoms with Gasteiger partial charge in [0.2, 0.25) is 11.8 Å². The Hall–Kier alpha value is -2.37. The predicted octanol–water partition coefficient (Wildman–Crippen LogP) is 0.586. The molecule has 1 aromatic rings. The van der Waals surface area contributed by atoms with Gasteiger partial charge >= 0.3 is 0 Å². The summed E-state index contributed by atoms with van der Waals surface area (Å²) in [6.45, 7) is 0.564. The van der Waals surface area contributed by atoms with Crippen LogP contribution in [-0.4, -0.2) is 36.2 Å². The molecule has 0 radical (unpaired) electrons. The Kier molecular flexibility index (Phi) is 2.70. The maximum Gasteiger partial charge on any atom is 0.249 e. The Labute approximate surface area is 110 Å². The molecule has 0 aliphatic carbocycles. The van der Waals surface area contributed by atoms with Crippen molar-refractivity contribution in [3.8, 4) is 5.75 Å². The topological polar surface area (TPSA) is 71.0 Å². The van der Waals surface area contributed by atoms with Crippen LogP contribution in [0, 0.1) is 0 Å². The summed E-state index contributed by atoms with van der Waals surface area (Å²) < 4.78 is 5.14. The number of aliphatic imine (C=N–C) groups is 1. The molecule has 0 aromatic heterocycles. The highest BCUT2D eigenvalue weighted by atomic mass is 16.5. The monoisotopic (exact) mass is 259 g/mol. The molecule has 19 heavy (non-hydrogen) atoms. The fourth-order valence-corrected chi connectivity index (χ4v) is 2.30. The molecule has 0 bridgehead atoms. The third-order valence-corrected chi connectivity index (χ3v) is 3.33. The SMILES string of the molecule is COc1ccc2c(c1)N=CN(C1CC(=O)NC1=O)C2. The van der Waals surface area contributed by atoms with E-state index in [4.69, 9.17) is 4.74 Å². The summed E-state index contributed by atoms with van der Waals surface area (Å²) in [7, 11) is 1.61. The van der Waals surface area contributed by atoms with Crippen LogP contribution in [0.5, 0.6) is 5.75 Å². The maximum atomic E-state index is 11.6. The molecule has 6 nitrogen and oxygen atoms in total. The van der Waals surface area contributed by atoms with E-state index in [1.54, 1.807) is 18.3 Å². The maximum absolute atomic E-state index is 11.6. The van der Waals surface area contributed by atoms with Gasteiger partial charge in [-0.1, -0.05) is 6.07 Å². The van der Waals surface area contributed by atoms with Gasteiger partial charge in [0.25, 0.3) is 0 Å². The number of benzene rings is 1. The lowest BCUT2D eigenvalue weighted by Crippen LogP contribution is -2.40. The number of nitrogens with zero attached hydrogens (tertiary/aromatic N) is 2. The van der Waals surface area contributed by atoms with Gasteiger partial charge in [-0.3, -0.25) is 14.9 Å². The van der Waals surface area contributed by atoms with Gasteiger partial charge in [0, 0.05) is 12.6 Å². The van der Waals surface area contributed by atoms with Crippen LogP contribution in [-0.2, 0) is 16.1 Å². The number of nitrogens with one attached hydrogen (secondary N) is 1. The second-order valence-corrected chi connectivity index (χ2v) is 4.54. The fraction of sp³-hybridized carbons (Fsp3) is 0.308. The van der Waals surface area contributed by atoms with Gasteiger partial charge in [0.1, 0.15) is 11.8 Å². The summed E-state index contributed by atoms with van der Waals surface area (Å²) in [5, 5.41) is 2.31. The van der Waals surface area contributed by atoms with Crippen molar-refractivity contribution in [1.29, 1.82) is 0 Å². The number of carbonyl (C=O) groups excluding carboxylic acids is 2. The summed E-state index contributed by atoms with van der Waals surface area (Å²) >= 11 is 0. The molecule has 98 valence electrons. The molecule has 1 fully saturated rings. The van der Waals surface area contributed by atoms with Crippen molar-refractivity contribution in [2.75, 3.05) is 7.11 Å². The molecule has 6 heteroatoms. The van der Waals surface area contributed by atoms with Crippen molar-refractivity contribution in [2.45, 2.75) is 19.0 Å². The Morgan fingerprint density at radius 2 is 2.26 bits per heavy atom. The number of methoxy groups -OCH3 is 1. The van der Waals surface area contributed by atoms with E-state index in [0.717, 1.165) is 17.0 Å². The highest BCUT2D eigenvalue weighted by Crippen LogP contribution is 2.29. The molecule has 2 amide bonds. The van der Waals surface area contributed by atoms with Crippen molar-refractivity contribution in [3.63, 3.8) is 0 Å². The molecule has 0 spiro atoms. The zero-order valence-electron chi connectivity index (χ0n) is 10.4. The molecular formula is C13H13N3O3. The molecular weight excluding hydrogens is 246 g/mol. The second-order valence-electron chi connectivity index (χ2n) is 4.54. The normalized spacial score (nSPS) is 21.3. The molecule has 1 aromatic carbocycles. The van der Waals surface area contributed by atoms with Crippen molar-refractivity contribution in [3.05, 3.63) is 23.8 Å². The summed E-state index contributed by atoms with van der Waals surface area (Å²) in [6, 6.07) is 5.18. The van der Waals surface area contributed by atoms with Crippen molar-refractivity contribution >= 4 is 23.8 Å². The van der Waals surface area contributed by atoms with E-state index in [1.807, 2.05) is 18.2 Å². The number of amides is 2. The van der Waals surface area contributed by atoms with Crippen LogP contribution in [0.1, 0.15) is 12.0 Å². The highest BCUT2D eigenvalue weighted by Gasteiger charge is 2.35. The Bertz CT molecular complexity index is 582. The standard InChI is InChI=1S/C13H13N3O3/c1-19-9-3-2-8-6-16(7-14-10(8)4-9)11-5-12(17)15-13(11)18/h2-4,7,11H,5-6H2,1H3,(H,15,17,18). The molecule has 1 unspecified atom stereocenters. The quantitative estimate of drug-likeness (QED) is 0.789. The van der Waals surface area contributed by atoms with E-state index in [0.29, 0.717) is 6.54 Å². The van der Waals surface area contributed by atoms with Crippen LogP contribution in [0.3, 0.4) is 0 Å². The average Bonchev–Trinajstić information content (AvgIpc) is 2.76. The van der Waals surface area contributed by atoms with Crippen LogP contribution in [0.15, 0.2) is 23.2 Å². The number of rotatable bonds is 2. The largest absolute Gasteiger partial charge is 0.497 e. The van der Waals surface area contributed by atoms with Gasteiger partial charge in [-0.25, -0.2) is 4.99 Å². The van der Waals surface area contributed by atoms with E-state index in [2.05, 4.69) is 10.3 Å². The summed E-state index contributed by atoms with van der Waals surface area (Å²) in [5.74, 6) is 0.260. The van der Waals surface area contributed by atoms with E-state index in [1.165, 1.54) is 0 Å². The van der Waals surface area contributed by atoms with E-state index in [9.17, 15) is 9.59 Å². The molecule has 1 saturated heterocycles. The molecule has 2 aliphatic heterocycles. The van der Waals surface area contributed by atoms with Gasteiger partial charge in [-0.05, 0) is 11.6 Å². The van der Waals surface area contributed by atoms with E-state index >= 15 is 0 Å². The van der Waals surface area contributed by atoms with Gasteiger partial charge in [0.15, 0.2) is 0 Å². The lowest BCUT2D eigenvalue weighted by atomic mass is 10.1. The first kappa shape index (κ1) is 11.7. The Morgan fingerprint density at radius 1 is 1.42 bits per heavy atom. The van der Waals surface area contributed by atoms with Crippen molar-refractivity contribution < 1.29 is 14.3 Å². The number of imide groups is 1. The molecule has 0 saturated carbocycles. The lowest BCUT2D eigenvalue weighted by molar-refractivity contribution is -0.125. The van der Waals surface area contributed by atoms with Gasteiger partial charge < -0.3 is 9.64 Å².